The van der Waals surface area contributed by atoms with Gasteiger partial charge >= 0.3 is 0 Å². The van der Waals surface area contributed by atoms with E-state index in [4.69, 9.17) is 0 Å². The second-order valence-corrected chi connectivity index (χ2v) is 4.03. The smallest absolute Gasteiger partial charge is 0.0725 e. The van der Waals surface area contributed by atoms with Crippen molar-refractivity contribution < 1.29 is 0 Å². The molecule has 1 N–H and O–H groups in total. The first-order valence-corrected chi connectivity index (χ1v) is 6.57. The number of rotatable bonds is 5. The van der Waals surface area contributed by atoms with Crippen LogP contribution in [-0.4, -0.2) is 10.2 Å². The van der Waals surface area contributed by atoms with Crippen molar-refractivity contribution >= 4 is 11.1 Å². The minimum absolute atomic E-state index is 1.05. The zero-order chi connectivity index (χ0) is 14.1. The molecule has 2 nitrogen and oxygen atoms in total. The number of nitrogens with one attached hydrogen (secondary N) is 1. The molecule has 0 fully saturated rings. The number of nitrogens with zero attached hydrogens (tertiary/aromatic N) is 1. The lowest BCUT2D eigenvalue weighted by Gasteiger charge is -2.04. The normalized spacial score (nSPS) is 14.3. The Morgan fingerprint density at radius 2 is 1.68 bits per heavy atom. The van der Waals surface area contributed by atoms with Crippen LogP contribution in [0.2, 0.25) is 0 Å². The van der Waals surface area contributed by atoms with Crippen molar-refractivity contribution in [3.8, 4) is 0 Å². The van der Waals surface area contributed by atoms with E-state index in [1.165, 1.54) is 5.57 Å². The van der Waals surface area contributed by atoms with E-state index in [-0.39, 0.29) is 0 Å². The van der Waals surface area contributed by atoms with Gasteiger partial charge in [0, 0.05) is 5.56 Å². The summed E-state index contributed by atoms with van der Waals surface area (Å²) in [5, 5.41) is 7.27. The van der Waals surface area contributed by atoms with Crippen LogP contribution in [0.4, 0.5) is 0 Å². The molecule has 0 spiro atoms. The third-order valence-corrected chi connectivity index (χ3v) is 2.79. The number of aromatic nitrogens is 2. The Balaban J connectivity index is 3.18. The molecule has 0 amide bonds. The van der Waals surface area contributed by atoms with Gasteiger partial charge in [-0.2, -0.15) is 5.10 Å². The summed E-state index contributed by atoms with van der Waals surface area (Å²) in [7, 11) is 0. The van der Waals surface area contributed by atoms with Gasteiger partial charge in [0.2, 0.25) is 0 Å². The SMILES string of the molecule is C\C=C/C=C\C(=C/C)c1[nH]ncc1C(/C=C\C)=C/C. The van der Waals surface area contributed by atoms with Gasteiger partial charge in [0.25, 0.3) is 0 Å². The molecule has 19 heavy (non-hydrogen) atoms. The van der Waals surface area contributed by atoms with Crippen LogP contribution >= 0.6 is 0 Å². The van der Waals surface area contributed by atoms with Gasteiger partial charge < -0.3 is 0 Å². The van der Waals surface area contributed by atoms with Crippen LogP contribution in [0.3, 0.4) is 0 Å². The van der Waals surface area contributed by atoms with Crippen molar-refractivity contribution in [2.24, 2.45) is 0 Å². The van der Waals surface area contributed by atoms with Gasteiger partial charge in [-0.05, 0) is 38.8 Å². The van der Waals surface area contributed by atoms with Crippen LogP contribution in [0.5, 0.6) is 0 Å². The summed E-state index contributed by atoms with van der Waals surface area (Å²) in [6.45, 7) is 8.10. The fourth-order valence-corrected chi connectivity index (χ4v) is 1.84. The largest absolute Gasteiger partial charge is 0.277 e. The highest BCUT2D eigenvalue weighted by atomic mass is 15.1. The molecule has 0 saturated heterocycles. The van der Waals surface area contributed by atoms with Gasteiger partial charge in [-0.1, -0.05) is 48.6 Å². The van der Waals surface area contributed by atoms with E-state index in [0.717, 1.165) is 16.8 Å². The molecule has 0 aliphatic heterocycles. The molecule has 0 bridgehead atoms. The Labute approximate surface area is 115 Å². The molecule has 100 valence electrons. The molecule has 2 heteroatoms. The fourth-order valence-electron chi connectivity index (χ4n) is 1.84. The van der Waals surface area contributed by atoms with Crippen LogP contribution in [0.15, 0.2) is 54.8 Å². The van der Waals surface area contributed by atoms with Crippen LogP contribution in [0, 0.1) is 0 Å². The Hall–Kier alpha value is -2.09. The van der Waals surface area contributed by atoms with E-state index in [1.807, 2.05) is 58.2 Å². The van der Waals surface area contributed by atoms with Crippen molar-refractivity contribution in [2.75, 3.05) is 0 Å². The number of hydrogen-bond donors (Lipinski definition) is 1. The summed E-state index contributed by atoms with van der Waals surface area (Å²) < 4.78 is 0. The first kappa shape index (κ1) is 15.0. The van der Waals surface area contributed by atoms with Crippen molar-refractivity contribution in [2.45, 2.75) is 27.7 Å². The zero-order valence-corrected chi connectivity index (χ0v) is 12.1. The van der Waals surface area contributed by atoms with Crippen molar-refractivity contribution in [1.82, 2.24) is 10.2 Å². The average Bonchev–Trinajstić information content (AvgIpc) is 2.90. The Morgan fingerprint density at radius 1 is 0.947 bits per heavy atom. The van der Waals surface area contributed by atoms with Gasteiger partial charge in [0.05, 0.1) is 11.9 Å². The van der Waals surface area contributed by atoms with E-state index in [2.05, 4.69) is 34.5 Å². The lowest BCUT2D eigenvalue weighted by molar-refractivity contribution is 1.07. The summed E-state index contributed by atoms with van der Waals surface area (Å²) in [5.74, 6) is 0. The molecule has 0 aliphatic rings. The highest BCUT2D eigenvalue weighted by Crippen LogP contribution is 2.25. The first-order valence-electron chi connectivity index (χ1n) is 6.57. The highest BCUT2D eigenvalue weighted by molar-refractivity contribution is 5.84. The topological polar surface area (TPSA) is 28.7 Å². The maximum absolute atomic E-state index is 4.18. The molecule has 0 radical (unpaired) electrons. The summed E-state index contributed by atoms with van der Waals surface area (Å²) in [6.07, 6.45) is 18.3. The van der Waals surface area contributed by atoms with Crippen molar-refractivity contribution in [1.29, 1.82) is 0 Å². The fraction of sp³-hybridized carbons (Fsp3) is 0.235. The number of aromatic amines is 1. The van der Waals surface area contributed by atoms with Gasteiger partial charge in [0.1, 0.15) is 0 Å². The van der Waals surface area contributed by atoms with Crippen LogP contribution < -0.4 is 0 Å². The van der Waals surface area contributed by atoms with E-state index in [0.29, 0.717) is 0 Å². The monoisotopic (exact) mass is 254 g/mol. The van der Waals surface area contributed by atoms with Crippen molar-refractivity contribution in [3.63, 3.8) is 0 Å². The van der Waals surface area contributed by atoms with Gasteiger partial charge in [-0.3, -0.25) is 5.10 Å². The molecule has 1 heterocycles. The second-order valence-electron chi connectivity index (χ2n) is 4.03. The minimum atomic E-state index is 1.05. The quantitative estimate of drug-likeness (QED) is 0.742. The standard InChI is InChI=1S/C17H22N2/c1-5-9-10-12-15(8-4)17-16(13-18-19-17)14(7-3)11-6-2/h5-13H,1-4H3,(H,18,19)/b9-5-,11-6-,12-10-,14-7+,15-8+. The lowest BCUT2D eigenvalue weighted by atomic mass is 10.0. The number of allylic oxidation sites excluding steroid dienone is 10. The molecule has 1 rings (SSSR count). The molecule has 0 atom stereocenters. The first-order chi connectivity index (χ1) is 9.28. The maximum Gasteiger partial charge on any atom is 0.0725 e. The summed E-state index contributed by atoms with van der Waals surface area (Å²) >= 11 is 0. The zero-order valence-electron chi connectivity index (χ0n) is 12.1. The third-order valence-electron chi connectivity index (χ3n) is 2.79. The second kappa shape index (κ2) is 8.09. The van der Waals surface area contributed by atoms with Crippen LogP contribution in [0.1, 0.15) is 39.0 Å². The number of hydrogen-bond acceptors (Lipinski definition) is 1. The van der Waals surface area contributed by atoms with Gasteiger partial charge in [0.15, 0.2) is 0 Å². The van der Waals surface area contributed by atoms with Gasteiger partial charge in [-0.15, -0.1) is 0 Å². The molecule has 0 saturated carbocycles. The highest BCUT2D eigenvalue weighted by Gasteiger charge is 2.09. The summed E-state index contributed by atoms with van der Waals surface area (Å²) in [5.41, 5.74) is 4.48. The predicted octanol–water partition coefficient (Wildman–Crippen LogP) is 4.92. The number of H-pyrrole nitrogens is 1. The van der Waals surface area contributed by atoms with E-state index in [1.54, 1.807) is 0 Å². The van der Waals surface area contributed by atoms with Crippen LogP contribution in [0.25, 0.3) is 11.1 Å². The molecule has 1 aromatic rings. The molecular formula is C17H22N2. The van der Waals surface area contributed by atoms with Crippen LogP contribution in [-0.2, 0) is 0 Å². The summed E-state index contributed by atoms with van der Waals surface area (Å²) in [4.78, 5) is 0. The van der Waals surface area contributed by atoms with E-state index < -0.39 is 0 Å². The molecular weight excluding hydrogens is 232 g/mol. The van der Waals surface area contributed by atoms with Crippen molar-refractivity contribution in [3.05, 3.63) is 66.1 Å². The molecule has 0 unspecified atom stereocenters. The Bertz CT molecular complexity index is 537. The molecule has 1 aromatic heterocycles. The maximum atomic E-state index is 4.18. The lowest BCUT2D eigenvalue weighted by Crippen LogP contribution is -1.88. The molecule has 0 aliphatic carbocycles. The van der Waals surface area contributed by atoms with Gasteiger partial charge in [-0.25, -0.2) is 0 Å². The Morgan fingerprint density at radius 3 is 2.26 bits per heavy atom. The predicted molar refractivity (Wildman–Crippen MR) is 84.7 cm³/mol. The molecule has 0 aromatic carbocycles. The third kappa shape index (κ3) is 3.95. The average molecular weight is 254 g/mol. The van der Waals surface area contributed by atoms with E-state index >= 15 is 0 Å². The van der Waals surface area contributed by atoms with E-state index in [9.17, 15) is 0 Å². The summed E-state index contributed by atoms with van der Waals surface area (Å²) in [6, 6.07) is 0. The Kier molecular flexibility index (Phi) is 6.37. The minimum Gasteiger partial charge on any atom is -0.277 e.